The molecule has 0 saturated heterocycles. The molecule has 2 aromatic carbocycles. The fraction of sp³-hybridized carbons (Fsp3) is 0.406. The summed E-state index contributed by atoms with van der Waals surface area (Å²) in [6, 6.07) is 18.0. The van der Waals surface area contributed by atoms with E-state index in [2.05, 4.69) is 4.98 Å². The summed E-state index contributed by atoms with van der Waals surface area (Å²) in [5.74, 6) is -3.41. The van der Waals surface area contributed by atoms with Gasteiger partial charge in [-0.2, -0.15) is 0 Å². The number of pyridine rings is 1. The smallest absolute Gasteiger partial charge is 0.310 e. The second-order valence-corrected chi connectivity index (χ2v) is 10.3. The molecule has 8 nitrogen and oxygen atoms in total. The lowest BCUT2D eigenvalue weighted by molar-refractivity contribution is -0.152. The highest BCUT2D eigenvalue weighted by molar-refractivity contribution is 5.88. The fourth-order valence-electron chi connectivity index (χ4n) is 5.06. The second kappa shape index (κ2) is 14.8. The molecule has 0 aliphatic heterocycles. The number of nitrogens with two attached hydrogens (primary N) is 2. The first-order valence-electron chi connectivity index (χ1n) is 13.8. The highest BCUT2D eigenvalue weighted by atomic mass is 16.5. The molecule has 6 N–H and O–H groups in total. The SMILES string of the molecule is CCCCOC(=O)[C@@H](C[C@H](O)[C@@H](C(=O)C(O)c1c(C)ccnc1C)C(N)c1ccccc1)C(N)c1ccccc1. The quantitative estimate of drug-likeness (QED) is 0.175. The molecule has 0 saturated carbocycles. The third kappa shape index (κ3) is 7.61. The lowest BCUT2D eigenvalue weighted by Crippen LogP contribution is -2.43. The molecular formula is C32H41N3O5. The van der Waals surface area contributed by atoms with Gasteiger partial charge in [0.1, 0.15) is 6.10 Å². The van der Waals surface area contributed by atoms with Crippen LogP contribution in [0.5, 0.6) is 0 Å². The lowest BCUT2D eigenvalue weighted by Gasteiger charge is -2.33. The zero-order valence-electron chi connectivity index (χ0n) is 23.4. The highest BCUT2D eigenvalue weighted by Gasteiger charge is 2.41. The number of esters is 1. The summed E-state index contributed by atoms with van der Waals surface area (Å²) in [5.41, 5.74) is 16.1. The first-order valence-corrected chi connectivity index (χ1v) is 13.8. The van der Waals surface area contributed by atoms with E-state index in [4.69, 9.17) is 16.2 Å². The van der Waals surface area contributed by atoms with Gasteiger partial charge in [-0.05, 0) is 49.4 Å². The van der Waals surface area contributed by atoms with E-state index in [1.54, 1.807) is 62.5 Å². The van der Waals surface area contributed by atoms with Crippen molar-refractivity contribution in [3.63, 3.8) is 0 Å². The molecular weight excluding hydrogens is 506 g/mol. The van der Waals surface area contributed by atoms with Gasteiger partial charge in [0.25, 0.3) is 0 Å². The topological polar surface area (TPSA) is 149 Å². The molecule has 0 amide bonds. The number of aliphatic hydroxyl groups is 2. The summed E-state index contributed by atoms with van der Waals surface area (Å²) in [6.45, 7) is 5.71. The monoisotopic (exact) mass is 547 g/mol. The minimum atomic E-state index is -1.57. The Balaban J connectivity index is 1.99. The summed E-state index contributed by atoms with van der Waals surface area (Å²) in [5, 5.41) is 22.9. The molecule has 3 rings (SSSR count). The van der Waals surface area contributed by atoms with Crippen LogP contribution >= 0.6 is 0 Å². The van der Waals surface area contributed by atoms with Gasteiger partial charge in [-0.25, -0.2) is 0 Å². The predicted molar refractivity (Wildman–Crippen MR) is 154 cm³/mol. The van der Waals surface area contributed by atoms with E-state index >= 15 is 0 Å². The van der Waals surface area contributed by atoms with Crippen molar-refractivity contribution in [3.8, 4) is 0 Å². The van der Waals surface area contributed by atoms with Gasteiger partial charge >= 0.3 is 5.97 Å². The molecule has 1 heterocycles. The number of benzene rings is 2. The van der Waals surface area contributed by atoms with E-state index in [1.807, 2.05) is 31.2 Å². The molecule has 1 aromatic heterocycles. The van der Waals surface area contributed by atoms with E-state index in [0.717, 1.165) is 6.42 Å². The Bertz CT molecular complexity index is 1220. The Morgan fingerprint density at radius 1 is 0.900 bits per heavy atom. The average Bonchev–Trinajstić information content (AvgIpc) is 2.96. The van der Waals surface area contributed by atoms with Crippen molar-refractivity contribution in [1.82, 2.24) is 4.98 Å². The van der Waals surface area contributed by atoms with Gasteiger partial charge in [-0.3, -0.25) is 14.6 Å². The summed E-state index contributed by atoms with van der Waals surface area (Å²) >= 11 is 0. The Morgan fingerprint density at radius 3 is 2.02 bits per heavy atom. The van der Waals surface area contributed by atoms with E-state index in [9.17, 15) is 19.8 Å². The maximum atomic E-state index is 13.9. The molecule has 0 radical (unpaired) electrons. The minimum absolute atomic E-state index is 0.185. The number of unbranched alkanes of at least 4 members (excludes halogenated alkanes) is 1. The largest absolute Gasteiger partial charge is 0.465 e. The van der Waals surface area contributed by atoms with Crippen molar-refractivity contribution < 1.29 is 24.5 Å². The summed E-state index contributed by atoms with van der Waals surface area (Å²) in [6.07, 6.45) is -0.0202. The highest BCUT2D eigenvalue weighted by Crippen LogP contribution is 2.35. The molecule has 0 aliphatic rings. The maximum absolute atomic E-state index is 13.9. The van der Waals surface area contributed by atoms with Crippen LogP contribution in [0.3, 0.4) is 0 Å². The molecule has 3 unspecified atom stereocenters. The molecule has 6 atom stereocenters. The van der Waals surface area contributed by atoms with Crippen LogP contribution in [-0.2, 0) is 14.3 Å². The minimum Gasteiger partial charge on any atom is -0.465 e. The molecule has 8 heteroatoms. The number of hydrogen-bond donors (Lipinski definition) is 4. The molecule has 214 valence electrons. The third-order valence-electron chi connectivity index (χ3n) is 7.42. The van der Waals surface area contributed by atoms with Crippen LogP contribution in [0.4, 0.5) is 0 Å². The average molecular weight is 548 g/mol. The van der Waals surface area contributed by atoms with Gasteiger partial charge in [0.2, 0.25) is 0 Å². The first-order chi connectivity index (χ1) is 19.2. The van der Waals surface area contributed by atoms with Crippen molar-refractivity contribution in [2.75, 3.05) is 6.61 Å². The lowest BCUT2D eigenvalue weighted by atomic mass is 9.77. The number of rotatable bonds is 14. The van der Waals surface area contributed by atoms with Crippen LogP contribution in [0, 0.1) is 25.7 Å². The van der Waals surface area contributed by atoms with E-state index in [1.165, 1.54) is 0 Å². The molecule has 3 aromatic rings. The van der Waals surface area contributed by atoms with E-state index in [0.29, 0.717) is 34.4 Å². The van der Waals surface area contributed by atoms with Crippen LogP contribution < -0.4 is 11.5 Å². The predicted octanol–water partition coefficient (Wildman–Crippen LogP) is 4.03. The second-order valence-electron chi connectivity index (χ2n) is 10.3. The van der Waals surface area contributed by atoms with Crippen LogP contribution in [0.25, 0.3) is 0 Å². The van der Waals surface area contributed by atoms with Gasteiger partial charge in [0.05, 0.1) is 24.5 Å². The van der Waals surface area contributed by atoms with Crippen molar-refractivity contribution >= 4 is 11.8 Å². The van der Waals surface area contributed by atoms with Gasteiger partial charge in [-0.15, -0.1) is 0 Å². The number of carbonyl (C=O) groups excluding carboxylic acids is 2. The normalized spacial score (nSPS) is 15.9. The van der Waals surface area contributed by atoms with Gasteiger partial charge < -0.3 is 26.4 Å². The number of aromatic nitrogens is 1. The van der Waals surface area contributed by atoms with Crippen LogP contribution in [0.1, 0.15) is 72.3 Å². The van der Waals surface area contributed by atoms with Crippen molar-refractivity contribution in [2.24, 2.45) is 23.3 Å². The number of aryl methyl sites for hydroxylation is 2. The fourth-order valence-corrected chi connectivity index (χ4v) is 5.06. The number of ketones is 1. The number of ether oxygens (including phenoxy) is 1. The first kappa shape index (κ1) is 31.1. The van der Waals surface area contributed by atoms with Crippen LogP contribution in [0.15, 0.2) is 72.9 Å². The molecule has 0 spiro atoms. The number of carbonyl (C=O) groups is 2. The number of aliphatic hydroxyl groups excluding tert-OH is 2. The van der Waals surface area contributed by atoms with Crippen LogP contribution in [-0.4, -0.2) is 39.7 Å². The Kier molecular flexibility index (Phi) is 11.5. The number of hydrogen-bond acceptors (Lipinski definition) is 8. The summed E-state index contributed by atoms with van der Waals surface area (Å²) in [7, 11) is 0. The van der Waals surface area contributed by atoms with Crippen LogP contribution in [0.2, 0.25) is 0 Å². The van der Waals surface area contributed by atoms with Crippen molar-refractivity contribution in [2.45, 2.75) is 64.3 Å². The number of Topliss-reactive ketones (excluding diaryl/α,β-unsaturated/α-hetero) is 1. The van der Waals surface area contributed by atoms with E-state index < -0.39 is 47.9 Å². The zero-order valence-corrected chi connectivity index (χ0v) is 23.4. The van der Waals surface area contributed by atoms with Gasteiger partial charge in [0.15, 0.2) is 5.78 Å². The molecule has 40 heavy (non-hydrogen) atoms. The van der Waals surface area contributed by atoms with Crippen molar-refractivity contribution in [1.29, 1.82) is 0 Å². The number of nitrogens with zero attached hydrogens (tertiary/aromatic N) is 1. The van der Waals surface area contributed by atoms with E-state index in [-0.39, 0.29) is 13.0 Å². The summed E-state index contributed by atoms with van der Waals surface area (Å²) in [4.78, 5) is 31.4. The zero-order chi connectivity index (χ0) is 29.2. The Morgan fingerprint density at radius 2 is 1.48 bits per heavy atom. The van der Waals surface area contributed by atoms with Gasteiger partial charge in [-0.1, -0.05) is 74.0 Å². The van der Waals surface area contributed by atoms with Gasteiger partial charge in [0, 0.05) is 29.5 Å². The standard InChI is InChI=1S/C32H41N3O5/c1-4-5-18-40-32(39)24(28(33)22-12-8-6-9-13-22)19-25(36)27(29(34)23-14-10-7-11-15-23)31(38)30(37)26-20(2)16-17-35-21(26)3/h6-17,24-25,27-30,36-37H,4-5,18-19,33-34H2,1-3H3/t24-,25-,27+,28?,29?,30?/m0/s1. The molecule has 0 aliphatic carbocycles. The molecule has 0 fully saturated rings. The molecule has 0 bridgehead atoms. The summed E-state index contributed by atoms with van der Waals surface area (Å²) < 4.78 is 5.52. The van der Waals surface area contributed by atoms with Crippen molar-refractivity contribution in [3.05, 3.63) is 101 Å². The Hall–Kier alpha value is -3.43. The Labute approximate surface area is 236 Å². The third-order valence-corrected chi connectivity index (χ3v) is 7.42. The maximum Gasteiger partial charge on any atom is 0.310 e.